The Balaban J connectivity index is 2.39. The van der Waals surface area contributed by atoms with Crippen LogP contribution in [0.3, 0.4) is 0 Å². The summed E-state index contributed by atoms with van der Waals surface area (Å²) in [5.74, 6) is 0.341. The summed E-state index contributed by atoms with van der Waals surface area (Å²) in [4.78, 5) is 11.1. The van der Waals surface area contributed by atoms with Crippen LogP contribution in [0.15, 0.2) is 39.3 Å². The molecule has 104 valence electrons. The van der Waals surface area contributed by atoms with Crippen LogP contribution in [0, 0.1) is 0 Å². The van der Waals surface area contributed by atoms with Crippen molar-refractivity contribution in [2.24, 2.45) is 0 Å². The van der Waals surface area contributed by atoms with Crippen molar-refractivity contribution in [1.29, 1.82) is 0 Å². The molecule has 19 heavy (non-hydrogen) atoms. The zero-order valence-electron chi connectivity index (χ0n) is 10.3. The number of ether oxygens (including phenoxy) is 2. The van der Waals surface area contributed by atoms with Crippen molar-refractivity contribution in [3.63, 3.8) is 0 Å². The van der Waals surface area contributed by atoms with E-state index < -0.39 is 5.97 Å². The number of alkyl halides is 1. The summed E-state index contributed by atoms with van der Waals surface area (Å²) >= 11 is 10.2. The van der Waals surface area contributed by atoms with Crippen molar-refractivity contribution < 1.29 is 14.3 Å². The first-order valence-corrected chi connectivity index (χ1v) is 7.95. The van der Waals surface area contributed by atoms with Gasteiger partial charge in [-0.1, -0.05) is 38.4 Å². The smallest absolute Gasteiger partial charge is 0.333 e. The molecule has 0 saturated heterocycles. The molecule has 0 N–H and O–H groups in total. The van der Waals surface area contributed by atoms with Crippen LogP contribution < -0.4 is 4.74 Å². The van der Waals surface area contributed by atoms with Gasteiger partial charge in [0.25, 0.3) is 0 Å². The predicted molar refractivity (Wildman–Crippen MR) is 85.8 cm³/mol. The average molecular weight is 457 g/mol. The molecule has 1 rings (SSSR count). The van der Waals surface area contributed by atoms with Crippen LogP contribution in [0.4, 0.5) is 0 Å². The maximum absolute atomic E-state index is 11.2. The molecule has 0 heterocycles. The second kappa shape index (κ2) is 8.07. The summed E-state index contributed by atoms with van der Waals surface area (Å²) in [6, 6.07) is 5.65. The molecule has 0 aliphatic carbocycles. The van der Waals surface area contributed by atoms with Crippen LogP contribution >= 0.6 is 47.8 Å². The molecule has 1 unspecified atom stereocenters. The van der Waals surface area contributed by atoms with Gasteiger partial charge in [-0.15, -0.1) is 0 Å². The lowest BCUT2D eigenvalue weighted by Gasteiger charge is -2.13. The van der Waals surface area contributed by atoms with Crippen molar-refractivity contribution in [2.75, 3.05) is 13.2 Å². The molecule has 1 atom stereocenters. The quantitative estimate of drug-likeness (QED) is 0.360. The van der Waals surface area contributed by atoms with Crippen LogP contribution in [0.25, 0.3) is 0 Å². The van der Waals surface area contributed by atoms with Gasteiger partial charge in [0.05, 0.1) is 9.30 Å². The summed E-state index contributed by atoms with van der Waals surface area (Å²) < 4.78 is 12.5. The second-order valence-corrected chi connectivity index (χ2v) is 6.93. The largest absolute Gasteiger partial charge is 0.491 e. The Labute approximate surface area is 137 Å². The van der Waals surface area contributed by atoms with Gasteiger partial charge in [-0.3, -0.25) is 0 Å². The van der Waals surface area contributed by atoms with Crippen molar-refractivity contribution in [1.82, 2.24) is 0 Å². The molecule has 0 aliphatic heterocycles. The number of benzene rings is 1. The molecule has 0 radical (unpaired) electrons. The first kappa shape index (κ1) is 16.7. The Morgan fingerprint density at radius 2 is 2.05 bits per heavy atom. The predicted octanol–water partition coefficient (Wildman–Crippen LogP) is 4.47. The molecule has 0 saturated carbocycles. The summed E-state index contributed by atoms with van der Waals surface area (Å²) in [6.45, 7) is 5.76. The van der Waals surface area contributed by atoms with Gasteiger partial charge in [0.2, 0.25) is 0 Å². The molecule has 0 fully saturated rings. The normalized spacial score (nSPS) is 11.8. The van der Waals surface area contributed by atoms with Crippen molar-refractivity contribution in [2.45, 2.75) is 11.8 Å². The van der Waals surface area contributed by atoms with Crippen LogP contribution in [-0.4, -0.2) is 24.0 Å². The zero-order chi connectivity index (χ0) is 14.4. The number of esters is 1. The van der Waals surface area contributed by atoms with E-state index in [-0.39, 0.29) is 11.4 Å². The Bertz CT molecular complexity index is 474. The third-order valence-electron chi connectivity index (χ3n) is 2.06. The zero-order valence-corrected chi connectivity index (χ0v) is 15.0. The fourth-order valence-corrected chi connectivity index (χ4v) is 2.54. The van der Waals surface area contributed by atoms with Crippen LogP contribution in [0.2, 0.25) is 0 Å². The number of halogens is 3. The van der Waals surface area contributed by atoms with E-state index in [1.54, 1.807) is 6.92 Å². The van der Waals surface area contributed by atoms with Gasteiger partial charge >= 0.3 is 5.97 Å². The summed E-state index contributed by atoms with van der Waals surface area (Å²) in [5.41, 5.74) is 0.385. The highest BCUT2D eigenvalue weighted by atomic mass is 79.9. The molecular weight excluding hydrogens is 444 g/mol. The highest BCUT2D eigenvalue weighted by Crippen LogP contribution is 2.28. The Hall–Kier alpha value is -0.330. The van der Waals surface area contributed by atoms with Gasteiger partial charge in [-0.2, -0.15) is 0 Å². The standard InChI is InChI=1S/C13H13Br3O3/c1-8(2)13(17)19-7-10(15)6-18-12-4-3-9(14)5-11(12)16/h3-5,10H,1,6-7H2,2H3. The fraction of sp³-hybridized carbons (Fsp3) is 0.308. The Kier molecular flexibility index (Phi) is 7.10. The molecule has 1 aromatic carbocycles. The van der Waals surface area contributed by atoms with Crippen LogP contribution in [-0.2, 0) is 9.53 Å². The van der Waals surface area contributed by atoms with Crippen LogP contribution in [0.1, 0.15) is 6.92 Å². The molecular formula is C13H13Br3O3. The Morgan fingerprint density at radius 1 is 1.37 bits per heavy atom. The van der Waals surface area contributed by atoms with Crippen molar-refractivity contribution in [3.05, 3.63) is 39.3 Å². The SMILES string of the molecule is C=C(C)C(=O)OCC(Br)COc1ccc(Br)cc1Br. The Morgan fingerprint density at radius 3 is 2.63 bits per heavy atom. The second-order valence-electron chi connectivity index (χ2n) is 3.86. The number of hydrogen-bond acceptors (Lipinski definition) is 3. The summed E-state index contributed by atoms with van der Waals surface area (Å²) in [6.07, 6.45) is 0. The van der Waals surface area contributed by atoms with Gasteiger partial charge in [-0.25, -0.2) is 4.79 Å². The van der Waals surface area contributed by atoms with Crippen molar-refractivity contribution in [3.8, 4) is 5.75 Å². The van der Waals surface area contributed by atoms with E-state index in [0.29, 0.717) is 12.2 Å². The highest BCUT2D eigenvalue weighted by Gasteiger charge is 2.11. The molecule has 6 heteroatoms. The van der Waals surface area contributed by atoms with E-state index >= 15 is 0 Å². The van der Waals surface area contributed by atoms with E-state index in [9.17, 15) is 4.79 Å². The number of rotatable bonds is 6. The third-order valence-corrected chi connectivity index (χ3v) is 3.70. The van der Waals surface area contributed by atoms with Gasteiger partial charge in [0.15, 0.2) is 0 Å². The van der Waals surface area contributed by atoms with Gasteiger partial charge in [0.1, 0.15) is 19.0 Å². The molecule has 0 bridgehead atoms. The van der Waals surface area contributed by atoms with Crippen molar-refractivity contribution >= 4 is 53.8 Å². The monoisotopic (exact) mass is 454 g/mol. The van der Waals surface area contributed by atoms with E-state index in [2.05, 4.69) is 54.4 Å². The minimum absolute atomic E-state index is 0.0775. The minimum atomic E-state index is -0.394. The highest BCUT2D eigenvalue weighted by molar-refractivity contribution is 9.11. The summed E-state index contributed by atoms with van der Waals surface area (Å²) in [7, 11) is 0. The lowest BCUT2D eigenvalue weighted by molar-refractivity contribution is -0.138. The van der Waals surface area contributed by atoms with E-state index in [0.717, 1.165) is 14.7 Å². The lowest BCUT2D eigenvalue weighted by atomic mass is 10.3. The minimum Gasteiger partial charge on any atom is -0.491 e. The molecule has 0 aliphatic rings. The van der Waals surface area contributed by atoms with Crippen LogP contribution in [0.5, 0.6) is 5.75 Å². The summed E-state index contributed by atoms with van der Waals surface area (Å²) in [5, 5.41) is 0. The maximum atomic E-state index is 11.2. The van der Waals surface area contributed by atoms with E-state index in [1.165, 1.54) is 0 Å². The van der Waals surface area contributed by atoms with Gasteiger partial charge in [0, 0.05) is 10.0 Å². The lowest BCUT2D eigenvalue weighted by Crippen LogP contribution is -2.20. The van der Waals surface area contributed by atoms with Gasteiger partial charge in [-0.05, 0) is 41.1 Å². The molecule has 0 aromatic heterocycles. The average Bonchev–Trinajstić information content (AvgIpc) is 2.34. The van der Waals surface area contributed by atoms with E-state index in [1.807, 2.05) is 18.2 Å². The van der Waals surface area contributed by atoms with Gasteiger partial charge < -0.3 is 9.47 Å². The third kappa shape index (κ3) is 6.10. The molecule has 0 amide bonds. The number of carbonyl (C=O) groups is 1. The molecule has 1 aromatic rings. The maximum Gasteiger partial charge on any atom is 0.333 e. The fourth-order valence-electron chi connectivity index (χ4n) is 1.11. The number of hydrogen-bond donors (Lipinski definition) is 0. The topological polar surface area (TPSA) is 35.5 Å². The number of carbonyl (C=O) groups excluding carboxylic acids is 1. The molecule has 0 spiro atoms. The molecule has 3 nitrogen and oxygen atoms in total. The first-order chi connectivity index (χ1) is 8.90. The first-order valence-electron chi connectivity index (χ1n) is 5.44. The van der Waals surface area contributed by atoms with E-state index in [4.69, 9.17) is 9.47 Å².